The van der Waals surface area contributed by atoms with Crippen LogP contribution in [-0.4, -0.2) is 58.6 Å². The van der Waals surface area contributed by atoms with Crippen molar-refractivity contribution in [3.8, 4) is 0 Å². The van der Waals surface area contributed by atoms with Gasteiger partial charge in [-0.3, -0.25) is 14.6 Å². The van der Waals surface area contributed by atoms with Gasteiger partial charge in [-0.05, 0) is 11.1 Å². The summed E-state index contributed by atoms with van der Waals surface area (Å²) in [6, 6.07) is 4.98. The van der Waals surface area contributed by atoms with E-state index in [0.29, 0.717) is 11.4 Å². The molecule has 108 valence electrons. The monoisotopic (exact) mass is 289 g/mol. The molecule has 2 heterocycles. The van der Waals surface area contributed by atoms with Crippen LogP contribution in [0.4, 0.5) is 9.18 Å². The molecule has 1 unspecified atom stereocenters. The Hall–Kier alpha value is -2.57. The highest BCUT2D eigenvalue weighted by molar-refractivity contribution is 6.21. The number of nitrogens with zero attached hydrogens (tertiary/aromatic N) is 4. The van der Waals surface area contributed by atoms with Crippen LogP contribution in [0.2, 0.25) is 0 Å². The highest BCUT2D eigenvalue weighted by atomic mass is 19.1. The van der Waals surface area contributed by atoms with E-state index in [-0.39, 0.29) is 6.54 Å². The zero-order chi connectivity index (χ0) is 15.1. The molecule has 0 N–H and O–H groups in total. The van der Waals surface area contributed by atoms with Crippen LogP contribution in [0.25, 0.3) is 0 Å². The summed E-state index contributed by atoms with van der Waals surface area (Å²) in [5.41, 5.74) is 0.303. The van der Waals surface area contributed by atoms with Gasteiger partial charge in [-0.2, -0.15) is 0 Å². The fourth-order valence-electron chi connectivity index (χ4n) is 2.49. The molecule has 7 heteroatoms. The van der Waals surface area contributed by atoms with Crippen molar-refractivity contribution in [2.75, 3.05) is 14.1 Å². The number of imide groups is 1. The van der Waals surface area contributed by atoms with Crippen LogP contribution in [-0.2, 0) is 11.3 Å². The Morgan fingerprint density at radius 1 is 1.33 bits per heavy atom. The van der Waals surface area contributed by atoms with Crippen molar-refractivity contribution in [3.63, 3.8) is 0 Å². The third-order valence-corrected chi connectivity index (χ3v) is 3.67. The number of benzene rings is 1. The summed E-state index contributed by atoms with van der Waals surface area (Å²) >= 11 is 0. The predicted molar refractivity (Wildman–Crippen MR) is 73.6 cm³/mol. The van der Waals surface area contributed by atoms with E-state index in [1.165, 1.54) is 17.3 Å². The lowest BCUT2D eigenvalue weighted by Gasteiger charge is -2.32. The molecule has 1 saturated heterocycles. The minimum Gasteiger partial charge on any atom is -0.269 e. The summed E-state index contributed by atoms with van der Waals surface area (Å²) in [6.07, 6.45) is 1.51. The average molecular weight is 289 g/mol. The molecule has 1 fully saturated rings. The first-order valence-corrected chi connectivity index (χ1v) is 6.46. The van der Waals surface area contributed by atoms with Crippen LogP contribution in [0.5, 0.6) is 0 Å². The smallest absolute Gasteiger partial charge is 0.269 e. The molecule has 0 bridgehead atoms. The lowest BCUT2D eigenvalue weighted by atomic mass is 10.1. The number of aliphatic imine (C=N–C) groups is 1. The van der Waals surface area contributed by atoms with Gasteiger partial charge in [0.25, 0.3) is 24.1 Å². The molecule has 2 aliphatic rings. The molecule has 3 amide bonds. The highest BCUT2D eigenvalue weighted by Crippen LogP contribution is 2.20. The number of hydrogen-bond donors (Lipinski definition) is 0. The van der Waals surface area contributed by atoms with Crippen molar-refractivity contribution in [3.05, 3.63) is 35.6 Å². The minimum atomic E-state index is -0.625. The molecular weight excluding hydrogens is 275 g/mol. The number of urea groups is 1. The standard InChI is InChI=1S/C14H14FN4O2/c1-17-8-16-12-11(17)13(20)19(14(21)18(12)2)7-9-5-3-4-6-10(9)15/h3-6,8,11H,7H2,1-2H3/q+1. The fourth-order valence-corrected chi connectivity index (χ4v) is 2.49. The maximum Gasteiger partial charge on any atom is 0.334 e. The first-order valence-electron chi connectivity index (χ1n) is 6.46. The van der Waals surface area contributed by atoms with Crippen molar-refractivity contribution in [2.45, 2.75) is 12.6 Å². The Kier molecular flexibility index (Phi) is 3.04. The van der Waals surface area contributed by atoms with Crippen LogP contribution < -0.4 is 0 Å². The molecule has 1 aromatic carbocycles. The van der Waals surface area contributed by atoms with Gasteiger partial charge in [-0.15, -0.1) is 0 Å². The number of amidine groups is 1. The third-order valence-electron chi connectivity index (χ3n) is 3.67. The van der Waals surface area contributed by atoms with Gasteiger partial charge < -0.3 is 0 Å². The molecule has 1 atom stereocenters. The molecule has 0 saturated carbocycles. The quantitative estimate of drug-likeness (QED) is 0.751. The number of carbonyl (C=O) groups excluding carboxylic acids is 2. The number of rotatable bonds is 2. The highest BCUT2D eigenvalue weighted by Gasteiger charge is 2.50. The Morgan fingerprint density at radius 3 is 2.76 bits per heavy atom. The Labute approximate surface area is 120 Å². The van der Waals surface area contributed by atoms with Crippen molar-refractivity contribution in [2.24, 2.45) is 4.99 Å². The van der Waals surface area contributed by atoms with Gasteiger partial charge in [0.15, 0.2) is 0 Å². The zero-order valence-electron chi connectivity index (χ0n) is 11.7. The van der Waals surface area contributed by atoms with E-state index in [1.807, 2.05) is 0 Å². The van der Waals surface area contributed by atoms with Gasteiger partial charge in [0.1, 0.15) is 5.82 Å². The second kappa shape index (κ2) is 4.76. The maximum absolute atomic E-state index is 13.7. The molecule has 0 spiro atoms. The molecule has 1 aromatic rings. The summed E-state index contributed by atoms with van der Waals surface area (Å²) in [4.78, 5) is 31.3. The van der Waals surface area contributed by atoms with E-state index >= 15 is 0 Å². The number of likely N-dealkylation sites (N-methyl/N-ethyl adjacent to an activating group) is 2. The molecule has 2 aliphatic heterocycles. The Morgan fingerprint density at radius 2 is 2.05 bits per heavy atom. The second-order valence-corrected chi connectivity index (χ2v) is 5.03. The van der Waals surface area contributed by atoms with E-state index in [1.54, 1.807) is 36.9 Å². The van der Waals surface area contributed by atoms with E-state index in [2.05, 4.69) is 4.99 Å². The summed E-state index contributed by atoms with van der Waals surface area (Å²) < 4.78 is 15.4. The molecule has 0 aromatic heterocycles. The maximum atomic E-state index is 13.7. The van der Waals surface area contributed by atoms with Crippen molar-refractivity contribution in [1.82, 2.24) is 9.80 Å². The van der Waals surface area contributed by atoms with Crippen molar-refractivity contribution >= 4 is 24.1 Å². The van der Waals surface area contributed by atoms with Gasteiger partial charge in [0.05, 0.1) is 13.6 Å². The summed E-state index contributed by atoms with van der Waals surface area (Å²) in [6.45, 7) is -0.0910. The lowest BCUT2D eigenvalue weighted by molar-refractivity contribution is -0.501. The van der Waals surface area contributed by atoms with Crippen LogP contribution in [0.3, 0.4) is 0 Å². The second-order valence-electron chi connectivity index (χ2n) is 5.03. The first-order chi connectivity index (χ1) is 10.0. The van der Waals surface area contributed by atoms with Crippen LogP contribution in [0.1, 0.15) is 5.56 Å². The Balaban J connectivity index is 1.93. The molecule has 0 radical (unpaired) electrons. The predicted octanol–water partition coefficient (Wildman–Crippen LogP) is 0.671. The minimum absolute atomic E-state index is 0.0910. The Bertz CT molecular complexity index is 698. The van der Waals surface area contributed by atoms with Gasteiger partial charge >= 0.3 is 6.03 Å². The van der Waals surface area contributed by atoms with Gasteiger partial charge in [-0.25, -0.2) is 13.8 Å². The molecular formula is C14H14FN4O2+. The van der Waals surface area contributed by atoms with E-state index < -0.39 is 23.8 Å². The summed E-state index contributed by atoms with van der Waals surface area (Å²) in [7, 11) is 3.27. The number of halogens is 1. The SMILES string of the molecule is CN1C(=O)N(Cc2ccccc2F)C(=O)C2C1=NC=[N+]2C. The van der Waals surface area contributed by atoms with Gasteiger partial charge in [0, 0.05) is 12.6 Å². The molecule has 6 nitrogen and oxygen atoms in total. The fraction of sp³-hybridized carbons (Fsp3) is 0.286. The number of fused-ring (bicyclic) bond motifs is 1. The first kappa shape index (κ1) is 13.4. The van der Waals surface area contributed by atoms with Gasteiger partial charge in [-0.1, -0.05) is 18.2 Å². The normalized spacial score (nSPS) is 21.4. The van der Waals surface area contributed by atoms with Crippen LogP contribution >= 0.6 is 0 Å². The third kappa shape index (κ3) is 2.01. The van der Waals surface area contributed by atoms with E-state index in [0.717, 1.165) is 4.90 Å². The van der Waals surface area contributed by atoms with E-state index in [4.69, 9.17) is 0 Å². The number of carbonyl (C=O) groups is 2. The summed E-state index contributed by atoms with van der Waals surface area (Å²) in [5, 5.41) is 0. The zero-order valence-corrected chi connectivity index (χ0v) is 11.7. The van der Waals surface area contributed by atoms with Gasteiger partial charge in [0.2, 0.25) is 0 Å². The number of amides is 3. The van der Waals surface area contributed by atoms with Crippen molar-refractivity contribution < 1.29 is 18.6 Å². The average Bonchev–Trinajstić information content (AvgIpc) is 2.85. The number of hydrogen-bond acceptors (Lipinski definition) is 3. The topological polar surface area (TPSA) is 56.0 Å². The molecule has 21 heavy (non-hydrogen) atoms. The largest absolute Gasteiger partial charge is 0.334 e. The summed E-state index contributed by atoms with van der Waals surface area (Å²) in [5.74, 6) is -0.430. The molecule has 3 rings (SSSR count). The lowest BCUT2D eigenvalue weighted by Crippen LogP contribution is -2.61. The van der Waals surface area contributed by atoms with Crippen LogP contribution in [0, 0.1) is 5.82 Å². The van der Waals surface area contributed by atoms with E-state index in [9.17, 15) is 14.0 Å². The molecule has 0 aliphatic carbocycles. The van der Waals surface area contributed by atoms with Crippen LogP contribution in [0.15, 0.2) is 29.3 Å². The van der Waals surface area contributed by atoms with Crippen molar-refractivity contribution in [1.29, 1.82) is 0 Å².